The van der Waals surface area contributed by atoms with Crippen LogP contribution in [0.2, 0.25) is 0 Å². The van der Waals surface area contributed by atoms with E-state index in [1.54, 1.807) is 12.3 Å². The van der Waals surface area contributed by atoms with Crippen molar-refractivity contribution in [1.82, 2.24) is 4.57 Å². The monoisotopic (exact) mass is 153 g/mol. The molecule has 0 bridgehead atoms. The van der Waals surface area contributed by atoms with Gasteiger partial charge >= 0.3 is 0 Å². The second kappa shape index (κ2) is 2.78. The van der Waals surface area contributed by atoms with Crippen molar-refractivity contribution in [2.24, 2.45) is 7.05 Å². The highest BCUT2D eigenvalue weighted by Gasteiger charge is 1.99. The molecule has 60 valence electrons. The summed E-state index contributed by atoms with van der Waals surface area (Å²) in [6.45, 7) is 1.88. The lowest BCUT2D eigenvalue weighted by Crippen LogP contribution is -2.09. The number of ether oxygens (including phenoxy) is 1. The Hall–Kier alpha value is -1.25. The van der Waals surface area contributed by atoms with Crippen LogP contribution in [0.5, 0.6) is 5.75 Å². The average molecular weight is 153 g/mol. The van der Waals surface area contributed by atoms with Gasteiger partial charge in [0.25, 0.3) is 0 Å². The number of pyridine rings is 1. The molecular weight excluding hydrogens is 142 g/mol. The molecule has 0 fully saturated rings. The molecule has 0 radical (unpaired) electrons. The molecule has 0 aliphatic rings. The van der Waals surface area contributed by atoms with Gasteiger partial charge in [-0.05, 0) is 6.92 Å². The minimum absolute atomic E-state index is 0.0666. The average Bonchev–Trinajstić information content (AvgIpc) is 1.97. The molecule has 0 spiro atoms. The summed E-state index contributed by atoms with van der Waals surface area (Å²) in [4.78, 5) is 11.1. The summed E-state index contributed by atoms with van der Waals surface area (Å²) in [7, 11) is 3.36. The van der Waals surface area contributed by atoms with Crippen molar-refractivity contribution in [3.05, 3.63) is 28.2 Å². The van der Waals surface area contributed by atoms with Crippen LogP contribution in [-0.4, -0.2) is 11.7 Å². The predicted molar refractivity (Wildman–Crippen MR) is 43.0 cm³/mol. The maximum atomic E-state index is 11.1. The van der Waals surface area contributed by atoms with Gasteiger partial charge in [0.1, 0.15) is 0 Å². The van der Waals surface area contributed by atoms with E-state index in [-0.39, 0.29) is 5.43 Å². The van der Waals surface area contributed by atoms with E-state index in [9.17, 15) is 4.79 Å². The molecule has 3 nitrogen and oxygen atoms in total. The van der Waals surface area contributed by atoms with Gasteiger partial charge in [0.15, 0.2) is 5.75 Å². The van der Waals surface area contributed by atoms with Gasteiger partial charge in [-0.25, -0.2) is 0 Å². The number of nitrogens with zero attached hydrogens (tertiary/aromatic N) is 1. The fraction of sp³-hybridized carbons (Fsp3) is 0.375. The number of hydrogen-bond donors (Lipinski definition) is 0. The number of aryl methyl sites for hydroxylation is 2. The molecule has 3 heteroatoms. The maximum Gasteiger partial charge on any atom is 0.223 e. The number of hydrogen-bond acceptors (Lipinski definition) is 2. The summed E-state index contributed by atoms with van der Waals surface area (Å²) in [5.41, 5.74) is 0.860. The van der Waals surface area contributed by atoms with Gasteiger partial charge < -0.3 is 9.30 Å². The SMILES string of the molecule is COc1cn(C)c(C)cc1=O. The van der Waals surface area contributed by atoms with Crippen LogP contribution in [-0.2, 0) is 7.05 Å². The third-order valence-corrected chi connectivity index (χ3v) is 1.67. The van der Waals surface area contributed by atoms with Crippen LogP contribution in [0.1, 0.15) is 5.69 Å². The van der Waals surface area contributed by atoms with E-state index in [1.807, 2.05) is 18.5 Å². The zero-order valence-corrected chi connectivity index (χ0v) is 6.92. The molecule has 0 N–H and O–H groups in total. The lowest BCUT2D eigenvalue weighted by Gasteiger charge is -2.04. The topological polar surface area (TPSA) is 31.2 Å². The zero-order chi connectivity index (χ0) is 8.43. The molecule has 1 aromatic heterocycles. The molecule has 0 aliphatic heterocycles. The quantitative estimate of drug-likeness (QED) is 0.594. The van der Waals surface area contributed by atoms with Crippen molar-refractivity contribution in [2.75, 3.05) is 7.11 Å². The Morgan fingerprint density at radius 3 is 2.73 bits per heavy atom. The van der Waals surface area contributed by atoms with E-state index in [2.05, 4.69) is 0 Å². The van der Waals surface area contributed by atoms with Crippen molar-refractivity contribution in [1.29, 1.82) is 0 Å². The molecule has 1 rings (SSSR count). The molecular formula is C8H11NO2. The first-order chi connectivity index (χ1) is 5.15. The summed E-state index contributed by atoms with van der Waals surface area (Å²) in [5, 5.41) is 0. The molecule has 11 heavy (non-hydrogen) atoms. The fourth-order valence-electron chi connectivity index (χ4n) is 0.857. The Morgan fingerprint density at radius 1 is 1.55 bits per heavy atom. The molecule has 0 unspecified atom stereocenters. The molecule has 1 aromatic rings. The minimum atomic E-state index is -0.0666. The van der Waals surface area contributed by atoms with Gasteiger partial charge in [0.05, 0.1) is 7.11 Å². The number of aromatic nitrogens is 1. The molecule has 0 aromatic carbocycles. The lowest BCUT2D eigenvalue weighted by molar-refractivity contribution is 0.406. The van der Waals surface area contributed by atoms with Crippen LogP contribution < -0.4 is 10.2 Å². The van der Waals surface area contributed by atoms with E-state index in [0.29, 0.717) is 5.75 Å². The Morgan fingerprint density at radius 2 is 2.18 bits per heavy atom. The second-order valence-corrected chi connectivity index (χ2v) is 2.46. The minimum Gasteiger partial charge on any atom is -0.491 e. The third kappa shape index (κ3) is 1.42. The summed E-state index contributed by atoms with van der Waals surface area (Å²) >= 11 is 0. The van der Waals surface area contributed by atoms with E-state index in [4.69, 9.17) is 4.74 Å². The predicted octanol–water partition coefficient (Wildman–Crippen LogP) is 0.702. The molecule has 0 atom stereocenters. The Kier molecular flexibility index (Phi) is 1.98. The highest BCUT2D eigenvalue weighted by Crippen LogP contribution is 2.02. The van der Waals surface area contributed by atoms with Crippen LogP contribution >= 0.6 is 0 Å². The van der Waals surface area contributed by atoms with Crippen molar-refractivity contribution < 1.29 is 4.74 Å². The third-order valence-electron chi connectivity index (χ3n) is 1.67. The normalized spacial score (nSPS) is 9.73. The number of rotatable bonds is 1. The summed E-state index contributed by atoms with van der Waals surface area (Å²) < 4.78 is 6.69. The van der Waals surface area contributed by atoms with E-state index in [0.717, 1.165) is 5.69 Å². The van der Waals surface area contributed by atoms with Crippen molar-refractivity contribution in [3.63, 3.8) is 0 Å². The fourth-order valence-corrected chi connectivity index (χ4v) is 0.857. The first-order valence-electron chi connectivity index (χ1n) is 3.36. The van der Waals surface area contributed by atoms with Gasteiger partial charge in [-0.3, -0.25) is 4.79 Å². The molecule has 0 amide bonds. The standard InChI is InChI=1S/C8H11NO2/c1-6-4-7(10)8(11-3)5-9(6)2/h4-5H,1-3H3. The Labute approximate surface area is 65.2 Å². The van der Waals surface area contributed by atoms with Crippen LogP contribution in [0.4, 0.5) is 0 Å². The van der Waals surface area contributed by atoms with Gasteiger partial charge in [-0.2, -0.15) is 0 Å². The van der Waals surface area contributed by atoms with Gasteiger partial charge in [0.2, 0.25) is 5.43 Å². The first-order valence-corrected chi connectivity index (χ1v) is 3.36. The van der Waals surface area contributed by atoms with E-state index < -0.39 is 0 Å². The van der Waals surface area contributed by atoms with Crippen molar-refractivity contribution in [3.8, 4) is 5.75 Å². The Balaban J connectivity index is 3.32. The van der Waals surface area contributed by atoms with Gasteiger partial charge in [0, 0.05) is 25.0 Å². The van der Waals surface area contributed by atoms with Crippen LogP contribution in [0.25, 0.3) is 0 Å². The lowest BCUT2D eigenvalue weighted by atomic mass is 10.3. The summed E-state index contributed by atoms with van der Waals surface area (Å²) in [6, 6.07) is 1.55. The largest absolute Gasteiger partial charge is 0.491 e. The maximum absolute atomic E-state index is 11.1. The first kappa shape index (κ1) is 7.85. The number of methoxy groups -OCH3 is 1. The van der Waals surface area contributed by atoms with E-state index >= 15 is 0 Å². The molecule has 0 saturated heterocycles. The molecule has 0 aliphatic carbocycles. The van der Waals surface area contributed by atoms with Crippen LogP contribution in [0.15, 0.2) is 17.1 Å². The highest BCUT2D eigenvalue weighted by molar-refractivity contribution is 5.20. The summed E-state index contributed by atoms with van der Waals surface area (Å²) in [6.07, 6.45) is 1.68. The summed E-state index contributed by atoms with van der Waals surface area (Å²) in [5.74, 6) is 0.387. The Bertz CT molecular complexity index is 314. The van der Waals surface area contributed by atoms with Gasteiger partial charge in [-0.1, -0.05) is 0 Å². The van der Waals surface area contributed by atoms with E-state index in [1.165, 1.54) is 7.11 Å². The highest BCUT2D eigenvalue weighted by atomic mass is 16.5. The molecule has 0 saturated carbocycles. The van der Waals surface area contributed by atoms with Crippen molar-refractivity contribution >= 4 is 0 Å². The smallest absolute Gasteiger partial charge is 0.223 e. The van der Waals surface area contributed by atoms with Gasteiger partial charge in [-0.15, -0.1) is 0 Å². The van der Waals surface area contributed by atoms with Crippen molar-refractivity contribution in [2.45, 2.75) is 6.92 Å². The van der Waals surface area contributed by atoms with Crippen LogP contribution in [0, 0.1) is 6.92 Å². The van der Waals surface area contributed by atoms with Crippen LogP contribution in [0.3, 0.4) is 0 Å². The second-order valence-electron chi connectivity index (χ2n) is 2.46. The zero-order valence-electron chi connectivity index (χ0n) is 6.92. The molecule has 1 heterocycles.